The predicted molar refractivity (Wildman–Crippen MR) is 97.2 cm³/mol. The summed E-state index contributed by atoms with van der Waals surface area (Å²) < 4.78 is 35.6. The van der Waals surface area contributed by atoms with Gasteiger partial charge in [-0.05, 0) is 29.7 Å². The van der Waals surface area contributed by atoms with Crippen molar-refractivity contribution in [2.75, 3.05) is 12.4 Å². The van der Waals surface area contributed by atoms with Gasteiger partial charge in [-0.15, -0.1) is 0 Å². The van der Waals surface area contributed by atoms with Gasteiger partial charge < -0.3 is 10.1 Å². The van der Waals surface area contributed by atoms with Crippen molar-refractivity contribution in [3.8, 4) is 0 Å². The van der Waals surface area contributed by atoms with Gasteiger partial charge in [-0.1, -0.05) is 42.5 Å². The van der Waals surface area contributed by atoms with Crippen molar-refractivity contribution < 1.29 is 27.3 Å². The molecule has 0 radical (unpaired) electrons. The maximum atomic E-state index is 12.4. The molecule has 1 amide bonds. The van der Waals surface area contributed by atoms with Crippen molar-refractivity contribution >= 4 is 32.8 Å². The Hall–Kier alpha value is -2.45. The van der Waals surface area contributed by atoms with Gasteiger partial charge in [0.25, 0.3) is 10.1 Å². The molecule has 0 aliphatic carbocycles. The number of carbonyl (C=O) groups is 2. The Morgan fingerprint density at radius 2 is 1.85 bits per heavy atom. The van der Waals surface area contributed by atoms with Crippen molar-refractivity contribution in [2.24, 2.45) is 0 Å². The van der Waals surface area contributed by atoms with Gasteiger partial charge in [-0.25, -0.2) is 4.79 Å². The van der Waals surface area contributed by atoms with E-state index in [1.54, 1.807) is 6.92 Å². The summed E-state index contributed by atoms with van der Waals surface area (Å²) in [5.41, 5.74) is 0.790. The summed E-state index contributed by atoms with van der Waals surface area (Å²) in [6.45, 7) is 1.70. The van der Waals surface area contributed by atoms with Gasteiger partial charge >= 0.3 is 5.97 Å². The van der Waals surface area contributed by atoms with Crippen molar-refractivity contribution in [1.29, 1.82) is 0 Å². The van der Waals surface area contributed by atoms with E-state index in [0.717, 1.165) is 16.3 Å². The molecule has 2 aromatic carbocycles. The summed E-state index contributed by atoms with van der Waals surface area (Å²) in [7, 11) is -4.25. The molecule has 8 heteroatoms. The molecule has 2 aromatic rings. The van der Waals surface area contributed by atoms with Crippen LogP contribution < -0.4 is 5.32 Å². The summed E-state index contributed by atoms with van der Waals surface area (Å²) in [5.74, 6) is -1.82. The molecule has 2 N–H and O–H groups in total. The Morgan fingerprint density at radius 3 is 2.54 bits per heavy atom. The molecule has 0 saturated heterocycles. The highest BCUT2D eigenvalue weighted by Crippen LogP contribution is 2.19. The number of amides is 1. The molecule has 2 rings (SSSR count). The Morgan fingerprint density at radius 1 is 1.15 bits per heavy atom. The zero-order valence-corrected chi connectivity index (χ0v) is 15.2. The summed E-state index contributed by atoms with van der Waals surface area (Å²) >= 11 is 0. The summed E-state index contributed by atoms with van der Waals surface area (Å²) in [6.07, 6.45) is -0.234. The summed E-state index contributed by atoms with van der Waals surface area (Å²) in [6, 6.07) is 12.1. The zero-order chi connectivity index (χ0) is 19.2. The molecule has 140 valence electrons. The molecular formula is C18H21NO6S. The van der Waals surface area contributed by atoms with Crippen LogP contribution in [0.15, 0.2) is 42.5 Å². The molecule has 0 aliphatic rings. The first kappa shape index (κ1) is 19.9. The van der Waals surface area contributed by atoms with Crippen LogP contribution in [0.25, 0.3) is 10.8 Å². The topological polar surface area (TPSA) is 110 Å². The molecular weight excluding hydrogens is 358 g/mol. The van der Waals surface area contributed by atoms with Gasteiger partial charge in [0.05, 0.1) is 18.8 Å². The van der Waals surface area contributed by atoms with Gasteiger partial charge in [0.2, 0.25) is 5.91 Å². The lowest BCUT2D eigenvalue weighted by Crippen LogP contribution is -2.43. The van der Waals surface area contributed by atoms with E-state index < -0.39 is 33.8 Å². The lowest BCUT2D eigenvalue weighted by atomic mass is 10.0. The number of hydrogen-bond donors (Lipinski definition) is 2. The smallest absolute Gasteiger partial charge is 0.328 e. The summed E-state index contributed by atoms with van der Waals surface area (Å²) in [4.78, 5) is 24.3. The van der Waals surface area contributed by atoms with Gasteiger partial charge in [0.1, 0.15) is 6.04 Å². The lowest BCUT2D eigenvalue weighted by Gasteiger charge is -2.17. The third kappa shape index (κ3) is 5.82. The molecule has 0 unspecified atom stereocenters. The first-order valence-electron chi connectivity index (χ1n) is 8.18. The largest absolute Gasteiger partial charge is 0.464 e. The number of carbonyl (C=O) groups excluding carboxylic acids is 2. The molecule has 0 spiro atoms. The minimum atomic E-state index is -4.25. The normalized spacial score (nSPS) is 12.5. The molecule has 0 aliphatic heterocycles. The first-order valence-corrected chi connectivity index (χ1v) is 9.79. The monoisotopic (exact) mass is 379 g/mol. The molecule has 0 saturated carbocycles. The first-order chi connectivity index (χ1) is 12.3. The van der Waals surface area contributed by atoms with Crippen LogP contribution in [0.4, 0.5) is 0 Å². The molecule has 0 aromatic heterocycles. The van der Waals surface area contributed by atoms with Gasteiger partial charge in [0, 0.05) is 0 Å². The number of esters is 1. The quantitative estimate of drug-likeness (QED) is 0.534. The number of hydrogen-bond acceptors (Lipinski definition) is 5. The van der Waals surface area contributed by atoms with E-state index >= 15 is 0 Å². The molecule has 0 fully saturated rings. The van der Waals surface area contributed by atoms with Gasteiger partial charge in [-0.3, -0.25) is 9.35 Å². The third-order valence-electron chi connectivity index (χ3n) is 3.80. The molecule has 26 heavy (non-hydrogen) atoms. The molecule has 7 nitrogen and oxygen atoms in total. The minimum absolute atomic E-state index is 0.0309. The Kier molecular flexibility index (Phi) is 6.70. The van der Waals surface area contributed by atoms with Gasteiger partial charge in [0.15, 0.2) is 0 Å². The zero-order valence-electron chi connectivity index (χ0n) is 14.3. The van der Waals surface area contributed by atoms with Crippen LogP contribution in [-0.2, 0) is 30.9 Å². The Balaban J connectivity index is 2.11. The van der Waals surface area contributed by atoms with E-state index in [-0.39, 0.29) is 19.4 Å². The van der Waals surface area contributed by atoms with E-state index in [1.807, 2.05) is 42.5 Å². The Labute approximate surface area is 152 Å². The molecule has 1 atom stereocenters. The van der Waals surface area contributed by atoms with E-state index in [2.05, 4.69) is 5.32 Å². The van der Waals surface area contributed by atoms with E-state index in [1.165, 1.54) is 0 Å². The summed E-state index contributed by atoms with van der Waals surface area (Å²) in [5, 5.41) is 4.42. The van der Waals surface area contributed by atoms with Crippen LogP contribution >= 0.6 is 0 Å². The minimum Gasteiger partial charge on any atom is -0.464 e. The average molecular weight is 379 g/mol. The number of benzene rings is 2. The van der Waals surface area contributed by atoms with E-state index in [4.69, 9.17) is 9.29 Å². The van der Waals surface area contributed by atoms with Gasteiger partial charge in [-0.2, -0.15) is 8.42 Å². The highest BCUT2D eigenvalue weighted by molar-refractivity contribution is 7.85. The number of ether oxygens (including phenoxy) is 1. The second-order valence-electron chi connectivity index (χ2n) is 5.76. The lowest BCUT2D eigenvalue weighted by molar-refractivity contribution is -0.147. The Bertz CT molecular complexity index is 888. The SMILES string of the molecule is CCOC(=O)[C@H](CCS(=O)(=O)O)NC(=O)Cc1cccc2ccccc12. The standard InChI is InChI=1S/C18H21NO6S/c1-2-25-18(21)16(10-11-26(22,23)24)19-17(20)12-14-8-5-7-13-6-3-4-9-15(13)14/h3-9,16H,2,10-12H2,1H3,(H,19,20)(H,22,23,24)/t16-/m0/s1. The predicted octanol–water partition coefficient (Wildman–Crippen LogP) is 1.71. The van der Waals surface area contributed by atoms with Crippen LogP contribution in [0.1, 0.15) is 18.9 Å². The molecule has 0 bridgehead atoms. The average Bonchev–Trinajstić information content (AvgIpc) is 2.58. The van der Waals surface area contributed by atoms with Crippen LogP contribution in [0.3, 0.4) is 0 Å². The number of rotatable bonds is 8. The maximum Gasteiger partial charge on any atom is 0.328 e. The van der Waals surface area contributed by atoms with Crippen LogP contribution in [-0.4, -0.2) is 43.2 Å². The highest BCUT2D eigenvalue weighted by atomic mass is 32.2. The fourth-order valence-corrected chi connectivity index (χ4v) is 3.16. The van der Waals surface area contributed by atoms with Crippen molar-refractivity contribution in [3.63, 3.8) is 0 Å². The van der Waals surface area contributed by atoms with Crippen LogP contribution in [0.2, 0.25) is 0 Å². The fourth-order valence-electron chi connectivity index (χ4n) is 2.62. The van der Waals surface area contributed by atoms with Crippen molar-refractivity contribution in [3.05, 3.63) is 48.0 Å². The van der Waals surface area contributed by atoms with Crippen molar-refractivity contribution in [2.45, 2.75) is 25.8 Å². The highest BCUT2D eigenvalue weighted by Gasteiger charge is 2.24. The molecule has 0 heterocycles. The number of nitrogens with one attached hydrogen (secondary N) is 1. The van der Waals surface area contributed by atoms with Crippen molar-refractivity contribution in [1.82, 2.24) is 5.32 Å². The second kappa shape index (κ2) is 8.77. The number of fused-ring (bicyclic) bond motifs is 1. The van der Waals surface area contributed by atoms with Crippen LogP contribution in [0.5, 0.6) is 0 Å². The second-order valence-corrected chi connectivity index (χ2v) is 7.33. The maximum absolute atomic E-state index is 12.4. The van der Waals surface area contributed by atoms with E-state index in [9.17, 15) is 18.0 Å². The van der Waals surface area contributed by atoms with Crippen LogP contribution in [0, 0.1) is 0 Å². The third-order valence-corrected chi connectivity index (χ3v) is 4.55. The van der Waals surface area contributed by atoms with E-state index in [0.29, 0.717) is 0 Å². The fraction of sp³-hybridized carbons (Fsp3) is 0.333.